The van der Waals surface area contributed by atoms with Crippen LogP contribution in [0.1, 0.15) is 16.8 Å². The number of aromatic nitrogens is 1. The van der Waals surface area contributed by atoms with E-state index in [1.807, 2.05) is 42.8 Å². The molecule has 4 heteroatoms. The molecule has 1 heterocycles. The second-order valence-electron chi connectivity index (χ2n) is 4.26. The molecule has 0 aliphatic rings. The van der Waals surface area contributed by atoms with Gasteiger partial charge in [0.25, 0.3) is 0 Å². The molecule has 2 rings (SSSR count). The van der Waals surface area contributed by atoms with Crippen LogP contribution in [0.2, 0.25) is 5.02 Å². The summed E-state index contributed by atoms with van der Waals surface area (Å²) in [7, 11) is 0. The quantitative estimate of drug-likeness (QED) is 0.835. The number of aryl methyl sites for hydroxylation is 2. The second-order valence-corrected chi connectivity index (χ2v) is 5.02. The first-order valence-corrected chi connectivity index (χ1v) is 6.63. The van der Waals surface area contributed by atoms with Crippen molar-refractivity contribution in [1.29, 1.82) is 0 Å². The van der Waals surface area contributed by atoms with Crippen LogP contribution in [0, 0.1) is 13.8 Å². The summed E-state index contributed by atoms with van der Waals surface area (Å²) in [5.74, 6) is 0.436. The third kappa shape index (κ3) is 2.47. The number of hydrogen-bond acceptors (Lipinski definition) is 2. The Hall–Kier alpha value is -1.19. The fraction of sp³-hybridized carbons (Fsp3) is 0.214. The molecule has 18 heavy (non-hydrogen) atoms. The number of rotatable bonds is 2. The largest absolute Gasteiger partial charge is 0.320 e. The molecule has 0 saturated carbocycles. The average Bonchev–Trinajstić information content (AvgIpc) is 2.30. The molecule has 0 aliphatic heterocycles. The van der Waals surface area contributed by atoms with Crippen molar-refractivity contribution >= 4 is 24.2 Å². The Labute approximate surface area is 117 Å². The van der Waals surface area contributed by atoms with Crippen LogP contribution >= 0.6 is 24.2 Å². The Kier molecular flexibility index (Phi) is 3.83. The van der Waals surface area contributed by atoms with Crippen LogP contribution in [0.3, 0.4) is 0 Å². The van der Waals surface area contributed by atoms with Gasteiger partial charge in [-0.1, -0.05) is 11.6 Å². The van der Waals surface area contributed by atoms with Crippen LogP contribution in [0.5, 0.6) is 0 Å². The molecule has 0 N–H and O–H groups in total. The first-order valence-electron chi connectivity index (χ1n) is 5.62. The lowest BCUT2D eigenvalue weighted by Gasteiger charge is -2.14. The highest BCUT2D eigenvalue weighted by atomic mass is 35.5. The normalized spacial score (nSPS) is 10.7. The first kappa shape index (κ1) is 13.2. The molecule has 0 saturated heterocycles. The van der Waals surface area contributed by atoms with E-state index in [1.165, 1.54) is 0 Å². The van der Waals surface area contributed by atoms with Gasteiger partial charge in [0.05, 0.1) is 0 Å². The molecule has 0 spiro atoms. The highest BCUT2D eigenvalue weighted by molar-refractivity contribution is 7.79. The van der Waals surface area contributed by atoms with Gasteiger partial charge in [-0.25, -0.2) is 0 Å². The maximum atomic E-state index is 11.7. The van der Waals surface area contributed by atoms with Crippen LogP contribution < -0.4 is 5.43 Å². The molecule has 2 aromatic rings. The zero-order chi connectivity index (χ0) is 13.3. The molecule has 0 amide bonds. The summed E-state index contributed by atoms with van der Waals surface area (Å²) in [6.07, 6.45) is 1.85. The highest BCUT2D eigenvalue weighted by Gasteiger charge is 2.07. The van der Waals surface area contributed by atoms with Crippen LogP contribution in [0.25, 0.3) is 5.69 Å². The van der Waals surface area contributed by atoms with Crippen molar-refractivity contribution in [2.75, 3.05) is 0 Å². The van der Waals surface area contributed by atoms with E-state index < -0.39 is 0 Å². The van der Waals surface area contributed by atoms with Crippen LogP contribution in [-0.2, 0) is 5.75 Å². The Bertz CT molecular complexity index is 649. The first-order chi connectivity index (χ1) is 8.52. The summed E-state index contributed by atoms with van der Waals surface area (Å²) in [5.41, 5.74) is 3.72. The van der Waals surface area contributed by atoms with Crippen LogP contribution in [0.15, 0.2) is 35.3 Å². The van der Waals surface area contributed by atoms with Gasteiger partial charge in [0.1, 0.15) is 0 Å². The van der Waals surface area contributed by atoms with E-state index in [-0.39, 0.29) is 5.43 Å². The zero-order valence-electron chi connectivity index (χ0n) is 10.3. The number of halogens is 1. The molecule has 1 aromatic heterocycles. The molecule has 0 radical (unpaired) electrons. The number of hydrogen-bond donors (Lipinski definition) is 1. The number of benzene rings is 1. The third-order valence-electron chi connectivity index (χ3n) is 2.91. The van der Waals surface area contributed by atoms with E-state index in [2.05, 4.69) is 12.6 Å². The van der Waals surface area contributed by atoms with Gasteiger partial charge in [-0.3, -0.25) is 4.79 Å². The van der Waals surface area contributed by atoms with Gasteiger partial charge >= 0.3 is 0 Å². The third-order valence-corrected chi connectivity index (χ3v) is 3.49. The summed E-state index contributed by atoms with van der Waals surface area (Å²) in [4.78, 5) is 11.7. The van der Waals surface area contributed by atoms with Crippen LogP contribution in [0.4, 0.5) is 0 Å². The predicted octanol–water partition coefficient (Wildman–Crippen LogP) is 3.54. The summed E-state index contributed by atoms with van der Waals surface area (Å²) >= 11 is 10.1. The molecule has 2 nitrogen and oxygen atoms in total. The fourth-order valence-corrected chi connectivity index (χ4v) is 2.40. The minimum absolute atomic E-state index is 0.0327. The molecular formula is C14H14ClNOS. The molecule has 0 atom stereocenters. The number of nitrogens with zero attached hydrogens (tertiary/aromatic N) is 1. The summed E-state index contributed by atoms with van der Waals surface area (Å²) in [6, 6.07) is 7.35. The van der Waals surface area contributed by atoms with E-state index in [1.54, 1.807) is 6.07 Å². The second kappa shape index (κ2) is 5.21. The maximum absolute atomic E-state index is 11.7. The molecule has 94 valence electrons. The number of thiol groups is 1. The SMILES string of the molecule is Cc1cc(Cl)ccc1-n1cc(CS)c(=O)cc1C. The van der Waals surface area contributed by atoms with E-state index in [9.17, 15) is 4.79 Å². The van der Waals surface area contributed by atoms with E-state index >= 15 is 0 Å². The maximum Gasteiger partial charge on any atom is 0.185 e. The minimum atomic E-state index is 0.0327. The molecule has 0 unspecified atom stereocenters. The van der Waals surface area contributed by atoms with Crippen molar-refractivity contribution in [3.8, 4) is 5.69 Å². The van der Waals surface area contributed by atoms with E-state index in [0.717, 1.165) is 16.9 Å². The van der Waals surface area contributed by atoms with Gasteiger partial charge in [-0.05, 0) is 37.6 Å². The van der Waals surface area contributed by atoms with Crippen molar-refractivity contribution in [2.24, 2.45) is 0 Å². The zero-order valence-corrected chi connectivity index (χ0v) is 11.9. The fourth-order valence-electron chi connectivity index (χ4n) is 1.94. The topological polar surface area (TPSA) is 22.0 Å². The summed E-state index contributed by atoms with van der Waals surface area (Å²) < 4.78 is 2.00. The van der Waals surface area contributed by atoms with Gasteiger partial charge in [0.2, 0.25) is 0 Å². The Morgan fingerprint density at radius 3 is 2.61 bits per heavy atom. The molecule has 0 aliphatic carbocycles. The monoisotopic (exact) mass is 279 g/mol. The summed E-state index contributed by atoms with van der Waals surface area (Å²) in [6.45, 7) is 3.91. The lowest BCUT2D eigenvalue weighted by atomic mass is 10.1. The van der Waals surface area contributed by atoms with Crippen molar-refractivity contribution in [1.82, 2.24) is 4.57 Å². The Balaban J connectivity index is 2.67. The van der Waals surface area contributed by atoms with Gasteiger partial charge in [-0.2, -0.15) is 12.6 Å². The lowest BCUT2D eigenvalue weighted by Crippen LogP contribution is -2.13. The van der Waals surface area contributed by atoms with E-state index in [4.69, 9.17) is 11.6 Å². The molecule has 1 aromatic carbocycles. The molecule has 0 fully saturated rings. The van der Waals surface area contributed by atoms with Gasteiger partial charge in [0, 0.05) is 40.0 Å². The summed E-state index contributed by atoms with van der Waals surface area (Å²) in [5, 5.41) is 0.712. The van der Waals surface area contributed by atoms with Gasteiger partial charge in [-0.15, -0.1) is 0 Å². The van der Waals surface area contributed by atoms with Crippen molar-refractivity contribution < 1.29 is 0 Å². The lowest BCUT2D eigenvalue weighted by molar-refractivity contribution is 0.947. The van der Waals surface area contributed by atoms with Gasteiger partial charge in [0.15, 0.2) is 5.43 Å². The molecular weight excluding hydrogens is 266 g/mol. The average molecular weight is 280 g/mol. The minimum Gasteiger partial charge on any atom is -0.320 e. The van der Waals surface area contributed by atoms with Crippen molar-refractivity contribution in [3.05, 3.63) is 62.5 Å². The Morgan fingerprint density at radius 1 is 1.28 bits per heavy atom. The Morgan fingerprint density at radius 2 is 2.00 bits per heavy atom. The molecule has 0 bridgehead atoms. The standard InChI is InChI=1S/C14H14ClNOS/c1-9-5-12(15)3-4-13(9)16-7-11(8-18)14(17)6-10(16)2/h3-7,18H,8H2,1-2H3. The van der Waals surface area contributed by atoms with Crippen molar-refractivity contribution in [3.63, 3.8) is 0 Å². The van der Waals surface area contributed by atoms with Crippen molar-refractivity contribution in [2.45, 2.75) is 19.6 Å². The smallest absolute Gasteiger partial charge is 0.185 e. The predicted molar refractivity (Wildman–Crippen MR) is 79.2 cm³/mol. The number of pyridine rings is 1. The van der Waals surface area contributed by atoms with Gasteiger partial charge < -0.3 is 4.57 Å². The van der Waals surface area contributed by atoms with E-state index in [0.29, 0.717) is 16.3 Å². The highest BCUT2D eigenvalue weighted by Crippen LogP contribution is 2.20. The van der Waals surface area contributed by atoms with Crippen LogP contribution in [-0.4, -0.2) is 4.57 Å².